The molecular weight excluding hydrogens is 156 g/mol. The molecule has 0 unspecified atom stereocenters. The largest absolute Gasteiger partial charge is 0.459 e. The average molecular weight is 172 g/mol. The van der Waals surface area contributed by atoms with Gasteiger partial charge >= 0.3 is 5.97 Å². The lowest BCUT2D eigenvalue weighted by molar-refractivity contribution is -0.147. The van der Waals surface area contributed by atoms with E-state index in [1.165, 1.54) is 0 Å². The van der Waals surface area contributed by atoms with Gasteiger partial charge < -0.3 is 9.84 Å². The summed E-state index contributed by atoms with van der Waals surface area (Å²) in [5, 5.41) is 9.18. The smallest absolute Gasteiger partial charge is 0.309 e. The number of hydrogen-bond acceptors (Lipinski definition) is 3. The van der Waals surface area contributed by atoms with Crippen LogP contribution < -0.4 is 0 Å². The van der Waals surface area contributed by atoms with Gasteiger partial charge in [-0.05, 0) is 13.3 Å². The molecule has 0 saturated carbocycles. The lowest BCUT2D eigenvalue weighted by Gasteiger charge is -2.10. The number of ether oxygens (including phenoxy) is 1. The summed E-state index contributed by atoms with van der Waals surface area (Å²) < 4.78 is 5.00. The number of carbonyl (C=O) groups is 1. The van der Waals surface area contributed by atoms with E-state index in [1.807, 2.05) is 6.92 Å². The van der Waals surface area contributed by atoms with Gasteiger partial charge in [0.1, 0.15) is 6.10 Å². The fourth-order valence-electron chi connectivity index (χ4n) is 1.55. The highest BCUT2D eigenvalue weighted by atomic mass is 16.6. The van der Waals surface area contributed by atoms with Crippen molar-refractivity contribution in [3.63, 3.8) is 0 Å². The van der Waals surface area contributed by atoms with Gasteiger partial charge in [0.25, 0.3) is 0 Å². The summed E-state index contributed by atoms with van der Waals surface area (Å²) in [6, 6.07) is 0. The maximum atomic E-state index is 11.1. The van der Waals surface area contributed by atoms with Crippen LogP contribution in [0, 0.1) is 5.92 Å². The van der Waals surface area contributed by atoms with Crippen molar-refractivity contribution in [2.75, 3.05) is 0 Å². The van der Waals surface area contributed by atoms with Crippen LogP contribution in [-0.4, -0.2) is 23.3 Å². The molecule has 3 atom stereocenters. The van der Waals surface area contributed by atoms with Gasteiger partial charge in [0, 0.05) is 6.42 Å². The fraction of sp³-hybridized carbons (Fsp3) is 0.889. The van der Waals surface area contributed by atoms with Crippen LogP contribution in [0.1, 0.15) is 33.1 Å². The Bertz CT molecular complexity index is 165. The summed E-state index contributed by atoms with van der Waals surface area (Å²) >= 11 is 0. The number of cyclic esters (lactones) is 1. The Morgan fingerprint density at radius 1 is 1.75 bits per heavy atom. The molecule has 1 N–H and O–H groups in total. The van der Waals surface area contributed by atoms with Crippen molar-refractivity contribution in [3.05, 3.63) is 0 Å². The molecule has 1 saturated heterocycles. The third-order valence-electron chi connectivity index (χ3n) is 2.29. The first kappa shape index (κ1) is 9.52. The lowest BCUT2D eigenvalue weighted by atomic mass is 9.98. The third-order valence-corrected chi connectivity index (χ3v) is 2.29. The Morgan fingerprint density at radius 2 is 2.42 bits per heavy atom. The topological polar surface area (TPSA) is 46.5 Å². The summed E-state index contributed by atoms with van der Waals surface area (Å²) in [5.41, 5.74) is 0. The van der Waals surface area contributed by atoms with Gasteiger partial charge in [-0.15, -0.1) is 0 Å². The van der Waals surface area contributed by atoms with Gasteiger partial charge in [-0.3, -0.25) is 4.79 Å². The first-order valence-corrected chi connectivity index (χ1v) is 4.53. The fourth-order valence-corrected chi connectivity index (χ4v) is 1.55. The molecule has 0 bridgehead atoms. The molecular formula is C9H16O3. The molecule has 1 fully saturated rings. The third kappa shape index (κ3) is 1.97. The Hall–Kier alpha value is -0.570. The zero-order valence-corrected chi connectivity index (χ0v) is 7.62. The Labute approximate surface area is 72.7 Å². The van der Waals surface area contributed by atoms with Gasteiger partial charge in [-0.2, -0.15) is 0 Å². The number of hydrogen-bond donors (Lipinski definition) is 1. The van der Waals surface area contributed by atoms with Crippen LogP contribution in [0.25, 0.3) is 0 Å². The molecule has 3 heteroatoms. The maximum absolute atomic E-state index is 11.1. The van der Waals surface area contributed by atoms with Crippen molar-refractivity contribution in [1.82, 2.24) is 0 Å². The van der Waals surface area contributed by atoms with Crippen molar-refractivity contribution < 1.29 is 14.6 Å². The summed E-state index contributed by atoms with van der Waals surface area (Å²) in [6.45, 7) is 3.70. The monoisotopic (exact) mass is 172 g/mol. The second-order valence-electron chi connectivity index (χ2n) is 3.44. The number of rotatable bonds is 3. The summed E-state index contributed by atoms with van der Waals surface area (Å²) in [6.07, 6.45) is 1.75. The summed E-state index contributed by atoms with van der Waals surface area (Å²) in [7, 11) is 0. The standard InChI is InChI=1S/C9H16O3/c1-3-4-7-5-8(6(2)10)12-9(7)11/h6-8,10H,3-5H2,1-2H3/t6-,7-,8-/m1/s1. The van der Waals surface area contributed by atoms with Crippen molar-refractivity contribution in [2.45, 2.75) is 45.3 Å². The number of carbonyl (C=O) groups excluding carboxylic acids is 1. The molecule has 0 aliphatic carbocycles. The first-order chi connectivity index (χ1) is 5.65. The van der Waals surface area contributed by atoms with E-state index in [9.17, 15) is 9.90 Å². The van der Waals surface area contributed by atoms with E-state index in [0.29, 0.717) is 6.42 Å². The molecule has 1 rings (SSSR count). The number of aliphatic hydroxyl groups is 1. The molecule has 1 heterocycles. The predicted octanol–water partition coefficient (Wildman–Crippen LogP) is 1.10. The normalized spacial score (nSPS) is 31.8. The van der Waals surface area contributed by atoms with Crippen LogP contribution in [-0.2, 0) is 9.53 Å². The van der Waals surface area contributed by atoms with E-state index >= 15 is 0 Å². The SMILES string of the molecule is CCC[C@@H]1C[C@H]([C@@H](C)O)OC1=O. The minimum atomic E-state index is -0.532. The van der Waals surface area contributed by atoms with Gasteiger partial charge in [0.15, 0.2) is 0 Å². The Balaban J connectivity index is 2.44. The highest BCUT2D eigenvalue weighted by Gasteiger charge is 2.35. The van der Waals surface area contributed by atoms with Gasteiger partial charge in [0.2, 0.25) is 0 Å². The summed E-state index contributed by atoms with van der Waals surface area (Å²) in [4.78, 5) is 11.1. The summed E-state index contributed by atoms with van der Waals surface area (Å²) in [5.74, 6) is -0.114. The van der Waals surface area contributed by atoms with E-state index in [0.717, 1.165) is 12.8 Å². The van der Waals surface area contributed by atoms with Crippen molar-refractivity contribution in [2.24, 2.45) is 5.92 Å². The highest BCUT2D eigenvalue weighted by Crippen LogP contribution is 2.26. The zero-order chi connectivity index (χ0) is 9.14. The van der Waals surface area contributed by atoms with E-state index in [1.54, 1.807) is 6.92 Å². The Kier molecular flexibility index (Phi) is 3.09. The number of aliphatic hydroxyl groups excluding tert-OH is 1. The van der Waals surface area contributed by atoms with Gasteiger partial charge in [-0.25, -0.2) is 0 Å². The predicted molar refractivity (Wildman–Crippen MR) is 44.6 cm³/mol. The van der Waals surface area contributed by atoms with Crippen LogP contribution in [0.3, 0.4) is 0 Å². The molecule has 0 amide bonds. The lowest BCUT2D eigenvalue weighted by Crippen LogP contribution is -2.21. The second kappa shape index (κ2) is 3.90. The molecule has 3 nitrogen and oxygen atoms in total. The zero-order valence-electron chi connectivity index (χ0n) is 7.62. The average Bonchev–Trinajstić information content (AvgIpc) is 2.34. The Morgan fingerprint density at radius 3 is 2.83 bits per heavy atom. The van der Waals surface area contributed by atoms with E-state index < -0.39 is 6.10 Å². The van der Waals surface area contributed by atoms with Crippen LogP contribution in [0.15, 0.2) is 0 Å². The molecule has 0 aromatic heterocycles. The van der Waals surface area contributed by atoms with E-state index in [-0.39, 0.29) is 18.0 Å². The van der Waals surface area contributed by atoms with Crippen LogP contribution in [0.5, 0.6) is 0 Å². The van der Waals surface area contributed by atoms with Crippen molar-refractivity contribution in [3.8, 4) is 0 Å². The second-order valence-corrected chi connectivity index (χ2v) is 3.44. The molecule has 0 spiro atoms. The molecule has 1 aliphatic heterocycles. The maximum Gasteiger partial charge on any atom is 0.309 e. The van der Waals surface area contributed by atoms with E-state index in [2.05, 4.69) is 0 Å². The minimum Gasteiger partial charge on any atom is -0.459 e. The van der Waals surface area contributed by atoms with Gasteiger partial charge in [-0.1, -0.05) is 13.3 Å². The number of esters is 1. The molecule has 0 radical (unpaired) electrons. The van der Waals surface area contributed by atoms with Gasteiger partial charge in [0.05, 0.1) is 12.0 Å². The van der Waals surface area contributed by atoms with Crippen molar-refractivity contribution >= 4 is 5.97 Å². The van der Waals surface area contributed by atoms with E-state index in [4.69, 9.17) is 4.74 Å². The molecule has 70 valence electrons. The molecule has 12 heavy (non-hydrogen) atoms. The molecule has 0 aromatic rings. The first-order valence-electron chi connectivity index (χ1n) is 4.53. The highest BCUT2D eigenvalue weighted by molar-refractivity contribution is 5.74. The van der Waals surface area contributed by atoms with Crippen LogP contribution >= 0.6 is 0 Å². The van der Waals surface area contributed by atoms with Crippen LogP contribution in [0.2, 0.25) is 0 Å². The molecule has 1 aliphatic rings. The van der Waals surface area contributed by atoms with Crippen molar-refractivity contribution in [1.29, 1.82) is 0 Å². The van der Waals surface area contributed by atoms with Crippen LogP contribution in [0.4, 0.5) is 0 Å². The molecule has 0 aromatic carbocycles. The quantitative estimate of drug-likeness (QED) is 0.648. The minimum absolute atomic E-state index is 0.0228.